The topological polar surface area (TPSA) is 43.4 Å². The van der Waals surface area contributed by atoms with Crippen LogP contribution in [0.25, 0.3) is 0 Å². The molecule has 5 heteroatoms. The number of hydrogen-bond donors (Lipinski definition) is 1. The highest BCUT2D eigenvalue weighted by atomic mass is 32.2. The molecule has 2 heterocycles. The van der Waals surface area contributed by atoms with E-state index in [1.807, 2.05) is 49.1 Å². The number of nitrogens with one attached hydrogen (secondary N) is 1. The van der Waals surface area contributed by atoms with E-state index in [1.165, 1.54) is 4.90 Å². The van der Waals surface area contributed by atoms with Crippen molar-refractivity contribution in [1.82, 2.24) is 10.3 Å². The molecule has 1 aromatic heterocycles. The van der Waals surface area contributed by atoms with Crippen LogP contribution in [0, 0.1) is 0 Å². The quantitative estimate of drug-likeness (QED) is 0.940. The number of hydrogen-bond acceptors (Lipinski definition) is 5. The molecule has 1 aliphatic rings. The predicted molar refractivity (Wildman–Crippen MR) is 84.2 cm³/mol. The first-order valence-corrected chi connectivity index (χ1v) is 7.86. The summed E-state index contributed by atoms with van der Waals surface area (Å²) in [6.45, 7) is 0. The first kappa shape index (κ1) is 14.2. The van der Waals surface area contributed by atoms with Crippen LogP contribution in [0.3, 0.4) is 0 Å². The summed E-state index contributed by atoms with van der Waals surface area (Å²) >= 11 is 1.82. The van der Waals surface area contributed by atoms with Gasteiger partial charge in [-0.2, -0.15) is 0 Å². The molecule has 2 atom stereocenters. The molecule has 0 saturated carbocycles. The maximum Gasteiger partial charge on any atom is 0.142 e. The molecule has 4 nitrogen and oxygen atoms in total. The molecule has 0 spiro atoms. The van der Waals surface area contributed by atoms with Crippen molar-refractivity contribution in [2.24, 2.45) is 0 Å². The van der Waals surface area contributed by atoms with E-state index in [0.29, 0.717) is 0 Å². The molecule has 3 rings (SSSR count). The standard InChI is InChI=1S/C16H18N2O2S/c1-17-15(16-12(19-2)7-5-9-18-16)13-10-21-14-8-4-3-6-11(14)20-13/h3-9,13,15,17H,10H2,1-2H3. The lowest BCUT2D eigenvalue weighted by molar-refractivity contribution is 0.167. The fourth-order valence-corrected chi connectivity index (χ4v) is 3.55. The van der Waals surface area contributed by atoms with Crippen molar-refractivity contribution >= 4 is 11.8 Å². The smallest absolute Gasteiger partial charge is 0.142 e. The van der Waals surface area contributed by atoms with E-state index in [0.717, 1.165) is 22.9 Å². The lowest BCUT2D eigenvalue weighted by Gasteiger charge is -2.31. The molecule has 1 N–H and O–H groups in total. The molecule has 0 radical (unpaired) electrons. The minimum Gasteiger partial charge on any atom is -0.495 e. The number of benzene rings is 1. The van der Waals surface area contributed by atoms with Gasteiger partial charge in [0.25, 0.3) is 0 Å². The summed E-state index contributed by atoms with van der Waals surface area (Å²) in [5.74, 6) is 2.60. The molecule has 0 bridgehead atoms. The SMILES string of the molecule is CNC(c1ncccc1OC)C1CSc2ccccc2O1. The van der Waals surface area contributed by atoms with Crippen LogP contribution in [0.15, 0.2) is 47.5 Å². The third kappa shape index (κ3) is 2.84. The molecule has 0 saturated heterocycles. The van der Waals surface area contributed by atoms with Crippen LogP contribution in [0.5, 0.6) is 11.5 Å². The molecular weight excluding hydrogens is 284 g/mol. The Hall–Kier alpha value is -1.72. The normalized spacial score (nSPS) is 18.5. The van der Waals surface area contributed by atoms with Crippen molar-refractivity contribution in [1.29, 1.82) is 0 Å². The molecule has 1 aromatic carbocycles. The van der Waals surface area contributed by atoms with Crippen molar-refractivity contribution in [3.8, 4) is 11.5 Å². The molecule has 0 amide bonds. The summed E-state index contributed by atoms with van der Waals surface area (Å²) in [7, 11) is 3.59. The van der Waals surface area contributed by atoms with Crippen LogP contribution < -0.4 is 14.8 Å². The van der Waals surface area contributed by atoms with E-state index in [4.69, 9.17) is 9.47 Å². The average molecular weight is 302 g/mol. The van der Waals surface area contributed by atoms with E-state index in [9.17, 15) is 0 Å². The number of para-hydroxylation sites is 1. The minimum atomic E-state index is -0.0120. The van der Waals surface area contributed by atoms with Crippen molar-refractivity contribution in [2.75, 3.05) is 19.9 Å². The van der Waals surface area contributed by atoms with Gasteiger partial charge in [0, 0.05) is 16.8 Å². The third-order valence-corrected chi connectivity index (χ3v) is 4.67. The van der Waals surface area contributed by atoms with Gasteiger partial charge in [-0.05, 0) is 31.3 Å². The molecular formula is C16H18N2O2S. The fourth-order valence-electron chi connectivity index (χ4n) is 2.51. The molecule has 2 unspecified atom stereocenters. The number of rotatable bonds is 4. The second-order valence-corrected chi connectivity index (χ2v) is 5.83. The van der Waals surface area contributed by atoms with E-state index >= 15 is 0 Å². The van der Waals surface area contributed by atoms with Crippen LogP contribution >= 0.6 is 11.8 Å². The Morgan fingerprint density at radius 1 is 1.33 bits per heavy atom. The van der Waals surface area contributed by atoms with Crippen molar-refractivity contribution in [2.45, 2.75) is 17.0 Å². The van der Waals surface area contributed by atoms with Crippen molar-refractivity contribution in [3.63, 3.8) is 0 Å². The minimum absolute atomic E-state index is 0.0120. The van der Waals surface area contributed by atoms with Crippen LogP contribution in [-0.4, -0.2) is 31.0 Å². The van der Waals surface area contributed by atoms with Crippen molar-refractivity contribution < 1.29 is 9.47 Å². The largest absolute Gasteiger partial charge is 0.495 e. The zero-order chi connectivity index (χ0) is 14.7. The first-order valence-electron chi connectivity index (χ1n) is 6.88. The maximum absolute atomic E-state index is 6.16. The Kier molecular flexibility index (Phi) is 4.31. The van der Waals surface area contributed by atoms with Gasteiger partial charge in [0.15, 0.2) is 0 Å². The fraction of sp³-hybridized carbons (Fsp3) is 0.312. The van der Waals surface area contributed by atoms with Gasteiger partial charge in [-0.15, -0.1) is 11.8 Å². The molecule has 2 aromatic rings. The molecule has 0 fully saturated rings. The number of nitrogens with zero attached hydrogens (tertiary/aromatic N) is 1. The number of methoxy groups -OCH3 is 1. The zero-order valence-corrected chi connectivity index (χ0v) is 12.9. The van der Waals surface area contributed by atoms with Gasteiger partial charge in [0.05, 0.1) is 13.2 Å². The van der Waals surface area contributed by atoms with Crippen LogP contribution in [0.2, 0.25) is 0 Å². The Labute approximate surface area is 128 Å². The highest BCUT2D eigenvalue weighted by Crippen LogP contribution is 2.39. The Balaban J connectivity index is 1.88. The summed E-state index contributed by atoms with van der Waals surface area (Å²) in [6, 6.07) is 11.9. The highest BCUT2D eigenvalue weighted by molar-refractivity contribution is 7.99. The van der Waals surface area contributed by atoms with Gasteiger partial charge in [-0.1, -0.05) is 12.1 Å². The Morgan fingerprint density at radius 2 is 2.19 bits per heavy atom. The maximum atomic E-state index is 6.16. The monoisotopic (exact) mass is 302 g/mol. The van der Waals surface area contributed by atoms with E-state index < -0.39 is 0 Å². The third-order valence-electron chi connectivity index (χ3n) is 3.53. The van der Waals surface area contributed by atoms with Gasteiger partial charge >= 0.3 is 0 Å². The van der Waals surface area contributed by atoms with Crippen LogP contribution in [0.4, 0.5) is 0 Å². The van der Waals surface area contributed by atoms with E-state index in [-0.39, 0.29) is 12.1 Å². The van der Waals surface area contributed by atoms with E-state index in [1.54, 1.807) is 13.3 Å². The number of pyridine rings is 1. The first-order chi connectivity index (χ1) is 10.3. The summed E-state index contributed by atoms with van der Waals surface area (Å²) in [4.78, 5) is 5.67. The molecule has 110 valence electrons. The summed E-state index contributed by atoms with van der Waals surface area (Å²) in [5, 5.41) is 3.31. The number of ether oxygens (including phenoxy) is 2. The summed E-state index contributed by atoms with van der Waals surface area (Å²) in [5.41, 5.74) is 0.882. The Bertz CT molecular complexity index is 621. The van der Waals surface area contributed by atoms with Gasteiger partial charge in [0.1, 0.15) is 23.3 Å². The van der Waals surface area contributed by atoms with Crippen LogP contribution in [-0.2, 0) is 0 Å². The molecule has 0 aliphatic carbocycles. The second-order valence-electron chi connectivity index (χ2n) is 4.77. The zero-order valence-electron chi connectivity index (χ0n) is 12.1. The van der Waals surface area contributed by atoms with Gasteiger partial charge < -0.3 is 14.8 Å². The van der Waals surface area contributed by atoms with Crippen molar-refractivity contribution in [3.05, 3.63) is 48.3 Å². The summed E-state index contributed by atoms with van der Waals surface area (Å²) in [6.07, 6.45) is 1.80. The van der Waals surface area contributed by atoms with Gasteiger partial charge in [-0.25, -0.2) is 0 Å². The average Bonchev–Trinajstić information content (AvgIpc) is 2.56. The van der Waals surface area contributed by atoms with Crippen LogP contribution in [0.1, 0.15) is 11.7 Å². The lowest BCUT2D eigenvalue weighted by atomic mass is 10.1. The van der Waals surface area contributed by atoms with Gasteiger partial charge in [0.2, 0.25) is 0 Å². The van der Waals surface area contributed by atoms with E-state index in [2.05, 4.69) is 16.4 Å². The Morgan fingerprint density at radius 3 is 3.00 bits per heavy atom. The van der Waals surface area contributed by atoms with Gasteiger partial charge in [-0.3, -0.25) is 4.98 Å². The molecule has 1 aliphatic heterocycles. The number of aromatic nitrogens is 1. The molecule has 21 heavy (non-hydrogen) atoms. The lowest BCUT2D eigenvalue weighted by Crippen LogP contribution is -2.38. The number of likely N-dealkylation sites (N-methyl/N-ethyl adjacent to an activating group) is 1. The predicted octanol–water partition coefficient (Wildman–Crippen LogP) is 2.90. The second kappa shape index (κ2) is 6.37. The highest BCUT2D eigenvalue weighted by Gasteiger charge is 2.31. The number of fused-ring (bicyclic) bond motifs is 1. The summed E-state index contributed by atoms with van der Waals surface area (Å²) < 4.78 is 11.6. The number of thioether (sulfide) groups is 1.